The normalized spacial score (nSPS) is 10.2. The molecule has 3 aromatic carbocycles. The minimum Gasteiger partial charge on any atom is -0.489 e. The maximum absolute atomic E-state index is 12.1. The van der Waals surface area contributed by atoms with Gasteiger partial charge in [0.25, 0.3) is 5.91 Å². The zero-order valence-electron chi connectivity index (χ0n) is 14.9. The van der Waals surface area contributed by atoms with E-state index < -0.39 is 18.5 Å². The van der Waals surface area contributed by atoms with Crippen LogP contribution in [-0.2, 0) is 16.1 Å². The molecule has 0 saturated heterocycles. The summed E-state index contributed by atoms with van der Waals surface area (Å²) in [6.45, 7) is 0.0475. The zero-order valence-corrected chi connectivity index (χ0v) is 15.7. The topological polar surface area (TPSA) is 64.6 Å². The van der Waals surface area contributed by atoms with Gasteiger partial charge in [-0.3, -0.25) is 4.79 Å². The third kappa shape index (κ3) is 5.86. The Kier molecular flexibility index (Phi) is 6.65. The fourth-order valence-electron chi connectivity index (χ4n) is 2.41. The lowest BCUT2D eigenvalue weighted by atomic mass is 10.2. The van der Waals surface area contributed by atoms with Crippen LogP contribution in [0, 0.1) is 0 Å². The van der Waals surface area contributed by atoms with Crippen molar-refractivity contribution < 1.29 is 19.1 Å². The molecule has 28 heavy (non-hydrogen) atoms. The van der Waals surface area contributed by atoms with Crippen LogP contribution in [-0.4, -0.2) is 18.5 Å². The number of amides is 1. The van der Waals surface area contributed by atoms with Gasteiger partial charge in [0, 0.05) is 10.7 Å². The van der Waals surface area contributed by atoms with Crippen molar-refractivity contribution in [3.8, 4) is 5.75 Å². The number of anilines is 1. The predicted octanol–water partition coefficient (Wildman–Crippen LogP) is 4.71. The van der Waals surface area contributed by atoms with Gasteiger partial charge in [-0.25, -0.2) is 4.79 Å². The summed E-state index contributed by atoms with van der Waals surface area (Å²) in [5.41, 5.74) is 1.92. The molecule has 0 radical (unpaired) electrons. The molecule has 142 valence electrons. The van der Waals surface area contributed by atoms with Gasteiger partial charge in [0.05, 0.1) is 5.56 Å². The van der Waals surface area contributed by atoms with E-state index in [1.54, 1.807) is 48.5 Å². The molecule has 0 aliphatic heterocycles. The summed E-state index contributed by atoms with van der Waals surface area (Å²) < 4.78 is 10.7. The summed E-state index contributed by atoms with van der Waals surface area (Å²) in [6.07, 6.45) is 0. The fourth-order valence-corrected chi connectivity index (χ4v) is 2.60. The highest BCUT2D eigenvalue weighted by molar-refractivity contribution is 6.30. The van der Waals surface area contributed by atoms with Crippen molar-refractivity contribution in [2.45, 2.75) is 6.61 Å². The van der Waals surface area contributed by atoms with Crippen molar-refractivity contribution in [3.63, 3.8) is 0 Å². The van der Waals surface area contributed by atoms with Gasteiger partial charge in [0.15, 0.2) is 6.61 Å². The molecule has 0 aromatic heterocycles. The minimum atomic E-state index is -0.587. The number of ether oxygens (including phenoxy) is 2. The van der Waals surface area contributed by atoms with Crippen LogP contribution >= 0.6 is 11.6 Å². The minimum absolute atomic E-state index is 0.336. The van der Waals surface area contributed by atoms with Crippen LogP contribution in [0.2, 0.25) is 5.02 Å². The Morgan fingerprint density at radius 2 is 1.64 bits per heavy atom. The summed E-state index contributed by atoms with van der Waals surface area (Å²) in [7, 11) is 0. The summed E-state index contributed by atoms with van der Waals surface area (Å²) in [5, 5.41) is 3.11. The fraction of sp³-hybridized carbons (Fsp3) is 0.0909. The molecular weight excluding hydrogens is 378 g/mol. The maximum atomic E-state index is 12.1. The van der Waals surface area contributed by atoms with Crippen molar-refractivity contribution in [1.82, 2.24) is 0 Å². The molecule has 0 saturated carbocycles. The van der Waals surface area contributed by atoms with E-state index in [1.165, 1.54) is 0 Å². The average Bonchev–Trinajstić information content (AvgIpc) is 2.72. The molecule has 3 rings (SSSR count). The third-order valence-electron chi connectivity index (χ3n) is 3.78. The summed E-state index contributed by atoms with van der Waals surface area (Å²) in [4.78, 5) is 24.0. The Morgan fingerprint density at radius 1 is 0.893 bits per heavy atom. The molecule has 0 atom stereocenters. The summed E-state index contributed by atoms with van der Waals surface area (Å²) >= 11 is 5.86. The Bertz CT molecular complexity index is 942. The molecule has 0 heterocycles. The van der Waals surface area contributed by atoms with Crippen LogP contribution in [0.25, 0.3) is 0 Å². The van der Waals surface area contributed by atoms with E-state index in [2.05, 4.69) is 5.32 Å². The summed E-state index contributed by atoms with van der Waals surface area (Å²) in [5.74, 6) is -0.395. The van der Waals surface area contributed by atoms with Crippen molar-refractivity contribution in [3.05, 3.63) is 95.0 Å². The van der Waals surface area contributed by atoms with E-state index in [0.29, 0.717) is 28.6 Å². The highest BCUT2D eigenvalue weighted by Gasteiger charge is 2.11. The lowest BCUT2D eigenvalue weighted by Gasteiger charge is -2.08. The largest absolute Gasteiger partial charge is 0.489 e. The highest BCUT2D eigenvalue weighted by Crippen LogP contribution is 2.16. The molecule has 6 heteroatoms. The van der Waals surface area contributed by atoms with E-state index in [4.69, 9.17) is 21.1 Å². The number of carbonyl (C=O) groups is 2. The maximum Gasteiger partial charge on any atom is 0.338 e. The van der Waals surface area contributed by atoms with Crippen LogP contribution in [0.1, 0.15) is 15.9 Å². The Hall–Kier alpha value is -3.31. The van der Waals surface area contributed by atoms with Gasteiger partial charge in [0.2, 0.25) is 0 Å². The quantitative estimate of drug-likeness (QED) is 0.588. The van der Waals surface area contributed by atoms with Gasteiger partial charge >= 0.3 is 5.97 Å². The van der Waals surface area contributed by atoms with Gasteiger partial charge in [-0.2, -0.15) is 0 Å². The van der Waals surface area contributed by atoms with Crippen molar-refractivity contribution >= 4 is 29.2 Å². The van der Waals surface area contributed by atoms with Crippen LogP contribution < -0.4 is 10.1 Å². The first kappa shape index (κ1) is 19.5. The second kappa shape index (κ2) is 9.58. The molecule has 3 aromatic rings. The lowest BCUT2D eigenvalue weighted by Crippen LogP contribution is -2.20. The van der Waals surface area contributed by atoms with E-state index >= 15 is 0 Å². The zero-order chi connectivity index (χ0) is 19.8. The smallest absolute Gasteiger partial charge is 0.338 e. The van der Waals surface area contributed by atoms with Crippen LogP contribution in [0.4, 0.5) is 5.69 Å². The van der Waals surface area contributed by atoms with E-state index in [0.717, 1.165) is 5.56 Å². The Balaban J connectivity index is 1.47. The number of esters is 1. The number of hydrogen-bond acceptors (Lipinski definition) is 4. The van der Waals surface area contributed by atoms with Crippen molar-refractivity contribution in [2.24, 2.45) is 0 Å². The Morgan fingerprint density at radius 3 is 2.36 bits per heavy atom. The summed E-state index contributed by atoms with van der Waals surface area (Å²) in [6, 6.07) is 23.1. The molecule has 0 unspecified atom stereocenters. The number of halogens is 1. The van der Waals surface area contributed by atoms with Crippen LogP contribution in [0.5, 0.6) is 5.75 Å². The van der Waals surface area contributed by atoms with Gasteiger partial charge in [-0.15, -0.1) is 0 Å². The van der Waals surface area contributed by atoms with E-state index in [1.807, 2.05) is 30.3 Å². The number of nitrogens with one attached hydrogen (secondary N) is 1. The number of carbonyl (C=O) groups excluding carboxylic acids is 2. The highest BCUT2D eigenvalue weighted by atomic mass is 35.5. The molecule has 1 amide bonds. The molecule has 5 nitrogen and oxygen atoms in total. The van der Waals surface area contributed by atoms with Crippen molar-refractivity contribution in [1.29, 1.82) is 0 Å². The molecule has 0 spiro atoms. The van der Waals surface area contributed by atoms with Gasteiger partial charge in [0.1, 0.15) is 12.4 Å². The second-order valence-electron chi connectivity index (χ2n) is 5.93. The van der Waals surface area contributed by atoms with Crippen molar-refractivity contribution in [2.75, 3.05) is 11.9 Å². The number of hydrogen-bond donors (Lipinski definition) is 1. The molecule has 0 fully saturated rings. The first-order valence-corrected chi connectivity index (χ1v) is 8.97. The molecule has 0 aliphatic rings. The number of benzene rings is 3. The first-order chi connectivity index (χ1) is 13.6. The molecule has 1 N–H and O–H groups in total. The molecular formula is C22H18ClNO4. The third-order valence-corrected chi connectivity index (χ3v) is 4.02. The Labute approximate surface area is 167 Å². The average molecular weight is 396 g/mol. The number of rotatable bonds is 7. The lowest BCUT2D eigenvalue weighted by molar-refractivity contribution is -0.119. The van der Waals surface area contributed by atoms with E-state index in [-0.39, 0.29) is 0 Å². The van der Waals surface area contributed by atoms with Gasteiger partial charge < -0.3 is 14.8 Å². The van der Waals surface area contributed by atoms with Crippen LogP contribution in [0.3, 0.4) is 0 Å². The van der Waals surface area contributed by atoms with Crippen LogP contribution in [0.15, 0.2) is 78.9 Å². The van der Waals surface area contributed by atoms with Gasteiger partial charge in [-0.05, 0) is 48.0 Å². The van der Waals surface area contributed by atoms with E-state index in [9.17, 15) is 9.59 Å². The second-order valence-corrected chi connectivity index (χ2v) is 6.37. The predicted molar refractivity (Wildman–Crippen MR) is 108 cm³/mol. The molecule has 0 bridgehead atoms. The molecule has 0 aliphatic carbocycles. The first-order valence-electron chi connectivity index (χ1n) is 8.59. The standard InChI is InChI=1S/C22H18ClNO4/c23-18-7-4-8-19(13-18)24-21(25)15-28-22(26)17-9-11-20(12-10-17)27-14-16-5-2-1-3-6-16/h1-13H,14-15H2,(H,24,25). The SMILES string of the molecule is O=C(COC(=O)c1ccc(OCc2ccccc2)cc1)Nc1cccc(Cl)c1. The van der Waals surface area contributed by atoms with Gasteiger partial charge in [-0.1, -0.05) is 48.0 Å². The monoisotopic (exact) mass is 395 g/mol.